The summed E-state index contributed by atoms with van der Waals surface area (Å²) < 4.78 is 2.06. The molecular weight excluding hydrogens is 162 g/mol. The van der Waals surface area contributed by atoms with Crippen LogP contribution in [0.15, 0.2) is 12.4 Å². The van der Waals surface area contributed by atoms with E-state index in [1.165, 1.54) is 19.3 Å². The van der Waals surface area contributed by atoms with E-state index < -0.39 is 0 Å². The molecule has 13 heavy (non-hydrogen) atoms. The van der Waals surface area contributed by atoms with Crippen LogP contribution in [0, 0.1) is 5.92 Å². The Hall–Kier alpha value is -0.830. The van der Waals surface area contributed by atoms with Gasteiger partial charge in [0.15, 0.2) is 0 Å². The first-order chi connectivity index (χ1) is 6.36. The molecule has 3 nitrogen and oxygen atoms in total. The lowest BCUT2D eigenvalue weighted by atomic mass is 10.3. The van der Waals surface area contributed by atoms with Crippen LogP contribution in [0.2, 0.25) is 0 Å². The van der Waals surface area contributed by atoms with Crippen molar-refractivity contribution < 1.29 is 0 Å². The quantitative estimate of drug-likeness (QED) is 0.691. The minimum Gasteiger partial charge on any atom is -0.337 e. The third-order valence-electron chi connectivity index (χ3n) is 2.63. The molecule has 0 bridgehead atoms. The first-order valence-corrected chi connectivity index (χ1v) is 5.03. The molecule has 1 fully saturated rings. The number of aryl methyl sites for hydroxylation is 1. The number of hydrogen-bond donors (Lipinski definition) is 1. The highest BCUT2D eigenvalue weighted by Crippen LogP contribution is 2.31. The fourth-order valence-corrected chi connectivity index (χ4v) is 1.48. The van der Waals surface area contributed by atoms with E-state index in [0.717, 1.165) is 24.8 Å². The Morgan fingerprint density at radius 3 is 3.08 bits per heavy atom. The molecule has 1 saturated carbocycles. The first kappa shape index (κ1) is 8.75. The molecule has 1 aliphatic carbocycles. The van der Waals surface area contributed by atoms with Crippen molar-refractivity contribution in [2.24, 2.45) is 13.0 Å². The summed E-state index contributed by atoms with van der Waals surface area (Å²) in [4.78, 5) is 4.25. The second-order valence-electron chi connectivity index (χ2n) is 3.86. The average molecular weight is 179 g/mol. The average Bonchev–Trinajstić information content (AvgIpc) is 2.86. The highest BCUT2D eigenvalue weighted by atomic mass is 15.1. The van der Waals surface area contributed by atoms with Crippen LogP contribution in [0.4, 0.5) is 0 Å². The summed E-state index contributed by atoms with van der Waals surface area (Å²) >= 11 is 0. The predicted molar refractivity (Wildman–Crippen MR) is 52.3 cm³/mol. The van der Waals surface area contributed by atoms with Crippen LogP contribution in [-0.4, -0.2) is 16.1 Å². The van der Waals surface area contributed by atoms with Gasteiger partial charge in [-0.3, -0.25) is 0 Å². The Morgan fingerprint density at radius 1 is 1.62 bits per heavy atom. The zero-order valence-electron chi connectivity index (χ0n) is 8.16. The number of hydrogen-bond acceptors (Lipinski definition) is 2. The number of nitrogens with zero attached hydrogens (tertiary/aromatic N) is 2. The van der Waals surface area contributed by atoms with E-state index in [1.807, 2.05) is 19.4 Å². The summed E-state index contributed by atoms with van der Waals surface area (Å²) in [5.41, 5.74) is 0. The van der Waals surface area contributed by atoms with Crippen LogP contribution < -0.4 is 5.32 Å². The maximum absolute atomic E-state index is 4.25. The van der Waals surface area contributed by atoms with Crippen molar-refractivity contribution in [1.29, 1.82) is 0 Å². The lowest BCUT2D eigenvalue weighted by Gasteiger charge is -2.03. The van der Waals surface area contributed by atoms with Gasteiger partial charge in [0.1, 0.15) is 5.82 Å². The number of imidazole rings is 1. The van der Waals surface area contributed by atoms with Gasteiger partial charge in [-0.15, -0.1) is 0 Å². The molecule has 1 heterocycles. The van der Waals surface area contributed by atoms with Crippen molar-refractivity contribution in [2.45, 2.75) is 25.8 Å². The SMILES string of the molecule is Cn1ccnc1CNCCC1CC1. The van der Waals surface area contributed by atoms with E-state index >= 15 is 0 Å². The van der Waals surface area contributed by atoms with Crippen LogP contribution in [0.5, 0.6) is 0 Å². The second kappa shape index (κ2) is 3.92. The third-order valence-corrected chi connectivity index (χ3v) is 2.63. The van der Waals surface area contributed by atoms with Crippen molar-refractivity contribution in [3.63, 3.8) is 0 Å². The first-order valence-electron chi connectivity index (χ1n) is 5.03. The summed E-state index contributed by atoms with van der Waals surface area (Å²) in [5.74, 6) is 2.14. The Bertz CT molecular complexity index is 263. The molecule has 0 aliphatic heterocycles. The third kappa shape index (κ3) is 2.56. The lowest BCUT2D eigenvalue weighted by Crippen LogP contribution is -2.17. The standard InChI is InChI=1S/C10H17N3/c1-13-7-6-12-10(13)8-11-5-4-9-2-3-9/h6-7,9,11H,2-5,8H2,1H3. The van der Waals surface area contributed by atoms with Gasteiger partial charge in [-0.2, -0.15) is 0 Å². The van der Waals surface area contributed by atoms with E-state index in [4.69, 9.17) is 0 Å². The molecule has 0 saturated heterocycles. The van der Waals surface area contributed by atoms with Crippen molar-refractivity contribution in [1.82, 2.24) is 14.9 Å². The smallest absolute Gasteiger partial charge is 0.122 e. The Labute approximate surface area is 79.2 Å². The molecule has 1 N–H and O–H groups in total. The van der Waals surface area contributed by atoms with Crippen LogP contribution in [-0.2, 0) is 13.6 Å². The minimum atomic E-state index is 0.899. The van der Waals surface area contributed by atoms with Crippen molar-refractivity contribution in [2.75, 3.05) is 6.54 Å². The van der Waals surface area contributed by atoms with Gasteiger partial charge in [-0.1, -0.05) is 12.8 Å². The molecule has 0 radical (unpaired) electrons. The Morgan fingerprint density at radius 2 is 2.46 bits per heavy atom. The van der Waals surface area contributed by atoms with Gasteiger partial charge < -0.3 is 9.88 Å². The molecule has 0 unspecified atom stereocenters. The monoisotopic (exact) mass is 179 g/mol. The number of aromatic nitrogens is 2. The topological polar surface area (TPSA) is 29.9 Å². The fraction of sp³-hybridized carbons (Fsp3) is 0.700. The summed E-state index contributed by atoms with van der Waals surface area (Å²) in [6.45, 7) is 2.04. The van der Waals surface area contributed by atoms with Gasteiger partial charge in [0.25, 0.3) is 0 Å². The molecule has 3 heteroatoms. The van der Waals surface area contributed by atoms with Crippen LogP contribution in [0.3, 0.4) is 0 Å². The van der Waals surface area contributed by atoms with E-state index in [-0.39, 0.29) is 0 Å². The van der Waals surface area contributed by atoms with Crippen molar-refractivity contribution >= 4 is 0 Å². The van der Waals surface area contributed by atoms with Crippen LogP contribution in [0.25, 0.3) is 0 Å². The molecule has 0 atom stereocenters. The lowest BCUT2D eigenvalue weighted by molar-refractivity contribution is 0.588. The Balaban J connectivity index is 1.64. The zero-order chi connectivity index (χ0) is 9.10. The van der Waals surface area contributed by atoms with Crippen molar-refractivity contribution in [3.8, 4) is 0 Å². The van der Waals surface area contributed by atoms with Gasteiger partial charge in [0.05, 0.1) is 6.54 Å². The molecule has 1 aromatic rings. The fourth-order valence-electron chi connectivity index (χ4n) is 1.48. The minimum absolute atomic E-state index is 0.899. The number of nitrogens with one attached hydrogen (secondary N) is 1. The zero-order valence-corrected chi connectivity index (χ0v) is 8.16. The van der Waals surface area contributed by atoms with E-state index in [9.17, 15) is 0 Å². The molecule has 0 amide bonds. The van der Waals surface area contributed by atoms with E-state index in [0.29, 0.717) is 0 Å². The molecular formula is C10H17N3. The Kier molecular flexibility index (Phi) is 2.64. The highest BCUT2D eigenvalue weighted by Gasteiger charge is 2.19. The van der Waals surface area contributed by atoms with Crippen molar-refractivity contribution in [3.05, 3.63) is 18.2 Å². The molecule has 72 valence electrons. The number of rotatable bonds is 5. The van der Waals surface area contributed by atoms with Crippen LogP contribution >= 0.6 is 0 Å². The van der Waals surface area contributed by atoms with Gasteiger partial charge >= 0.3 is 0 Å². The molecule has 2 rings (SSSR count). The molecule has 1 aromatic heterocycles. The van der Waals surface area contributed by atoms with E-state index in [2.05, 4.69) is 14.9 Å². The summed E-state index contributed by atoms with van der Waals surface area (Å²) in [7, 11) is 2.03. The maximum atomic E-state index is 4.25. The van der Waals surface area contributed by atoms with E-state index in [1.54, 1.807) is 0 Å². The van der Waals surface area contributed by atoms with Gasteiger partial charge in [-0.05, 0) is 18.9 Å². The highest BCUT2D eigenvalue weighted by molar-refractivity contribution is 4.90. The summed E-state index contributed by atoms with van der Waals surface area (Å²) in [6.07, 6.45) is 8.06. The normalized spacial score (nSPS) is 16.4. The largest absolute Gasteiger partial charge is 0.337 e. The second-order valence-corrected chi connectivity index (χ2v) is 3.86. The predicted octanol–water partition coefficient (Wildman–Crippen LogP) is 1.31. The molecule has 0 aromatic carbocycles. The summed E-state index contributed by atoms with van der Waals surface area (Å²) in [6, 6.07) is 0. The van der Waals surface area contributed by atoms with Gasteiger partial charge in [0, 0.05) is 19.4 Å². The van der Waals surface area contributed by atoms with Gasteiger partial charge in [0.2, 0.25) is 0 Å². The van der Waals surface area contributed by atoms with Gasteiger partial charge in [-0.25, -0.2) is 4.98 Å². The van der Waals surface area contributed by atoms with Crippen LogP contribution in [0.1, 0.15) is 25.1 Å². The summed E-state index contributed by atoms with van der Waals surface area (Å²) in [5, 5.41) is 3.42. The molecule has 0 spiro atoms. The molecule has 1 aliphatic rings. The maximum Gasteiger partial charge on any atom is 0.122 e.